The standard InChI is InChI=1S/C20H16ClN3O4S/c1-26-14-8-12(9-15(27-2)17(14)28-3)18-22-23-20-24(18)19(25)16(29-20)10-11-6-4-5-7-13(11)21/h4-10H,1-3H3/b16-10+. The molecule has 0 atom stereocenters. The van der Waals surface area contributed by atoms with Crippen LogP contribution in [0.25, 0.3) is 22.4 Å². The average molecular weight is 430 g/mol. The second-order valence-electron chi connectivity index (χ2n) is 5.99. The van der Waals surface area contributed by atoms with Gasteiger partial charge >= 0.3 is 0 Å². The molecule has 0 aliphatic carbocycles. The normalized spacial score (nSPS) is 11.8. The van der Waals surface area contributed by atoms with E-state index < -0.39 is 0 Å². The Morgan fingerprint density at radius 2 is 1.72 bits per heavy atom. The Labute approximate surface area is 174 Å². The molecule has 0 saturated heterocycles. The van der Waals surface area contributed by atoms with Crippen LogP contribution in [-0.2, 0) is 0 Å². The fourth-order valence-electron chi connectivity index (χ4n) is 2.99. The molecule has 0 amide bonds. The van der Waals surface area contributed by atoms with Gasteiger partial charge in [0.2, 0.25) is 10.7 Å². The van der Waals surface area contributed by atoms with Crippen LogP contribution in [0.2, 0.25) is 5.02 Å². The van der Waals surface area contributed by atoms with Gasteiger partial charge in [0.05, 0.1) is 25.9 Å². The minimum absolute atomic E-state index is 0.223. The van der Waals surface area contributed by atoms with Crippen molar-refractivity contribution in [1.29, 1.82) is 0 Å². The van der Waals surface area contributed by atoms with E-state index in [1.165, 1.54) is 37.1 Å². The molecule has 0 unspecified atom stereocenters. The summed E-state index contributed by atoms with van der Waals surface area (Å²) in [4.78, 5) is 13.5. The summed E-state index contributed by atoms with van der Waals surface area (Å²) in [5.74, 6) is 1.77. The topological polar surface area (TPSA) is 75.0 Å². The second-order valence-corrected chi connectivity index (χ2v) is 7.41. The molecular formula is C20H16ClN3O4S. The molecular weight excluding hydrogens is 414 g/mol. The molecule has 0 aliphatic rings. The smallest absolute Gasteiger partial charge is 0.276 e. The van der Waals surface area contributed by atoms with Crippen LogP contribution in [0.1, 0.15) is 5.56 Å². The van der Waals surface area contributed by atoms with Crippen molar-refractivity contribution in [2.45, 2.75) is 0 Å². The summed E-state index contributed by atoms with van der Waals surface area (Å²) in [5.41, 5.74) is 1.16. The minimum atomic E-state index is -0.223. The maximum Gasteiger partial charge on any atom is 0.276 e. The summed E-state index contributed by atoms with van der Waals surface area (Å²) in [6, 6.07) is 10.8. The third kappa shape index (κ3) is 3.30. The van der Waals surface area contributed by atoms with E-state index >= 15 is 0 Å². The summed E-state index contributed by atoms with van der Waals surface area (Å²) >= 11 is 7.46. The van der Waals surface area contributed by atoms with Crippen molar-refractivity contribution < 1.29 is 14.2 Å². The number of hydrogen-bond donors (Lipinski definition) is 0. The first-order valence-corrected chi connectivity index (χ1v) is 9.71. The zero-order valence-electron chi connectivity index (χ0n) is 15.8. The number of thiazole rings is 1. The number of ether oxygens (including phenoxy) is 3. The predicted molar refractivity (Wildman–Crippen MR) is 112 cm³/mol. The Morgan fingerprint density at radius 1 is 1.03 bits per heavy atom. The third-order valence-corrected chi connectivity index (χ3v) is 5.67. The molecule has 0 saturated carbocycles. The van der Waals surface area contributed by atoms with E-state index in [9.17, 15) is 4.79 Å². The number of benzene rings is 2. The summed E-state index contributed by atoms with van der Waals surface area (Å²) < 4.78 is 18.1. The van der Waals surface area contributed by atoms with E-state index in [1.54, 1.807) is 24.3 Å². The van der Waals surface area contributed by atoms with Crippen molar-refractivity contribution in [3.05, 3.63) is 61.9 Å². The first kappa shape index (κ1) is 19.2. The lowest BCUT2D eigenvalue weighted by Crippen LogP contribution is -2.23. The van der Waals surface area contributed by atoms with Crippen LogP contribution in [0.4, 0.5) is 0 Å². The highest BCUT2D eigenvalue weighted by Gasteiger charge is 2.19. The first-order valence-electron chi connectivity index (χ1n) is 8.52. The fourth-order valence-corrected chi connectivity index (χ4v) is 4.09. The van der Waals surface area contributed by atoms with Gasteiger partial charge in [-0.1, -0.05) is 41.1 Å². The van der Waals surface area contributed by atoms with Crippen molar-refractivity contribution in [3.8, 4) is 28.6 Å². The number of halogens is 1. The van der Waals surface area contributed by atoms with Gasteiger partial charge in [-0.3, -0.25) is 4.79 Å². The van der Waals surface area contributed by atoms with Gasteiger partial charge in [-0.25, -0.2) is 4.40 Å². The highest BCUT2D eigenvalue weighted by atomic mass is 35.5. The SMILES string of the molecule is COc1cc(-c2nnc3s/c(=C/c4ccccc4Cl)c(=O)n23)cc(OC)c1OC. The summed E-state index contributed by atoms with van der Waals surface area (Å²) in [6.45, 7) is 0. The summed E-state index contributed by atoms with van der Waals surface area (Å²) in [5, 5.41) is 8.92. The van der Waals surface area contributed by atoms with Gasteiger partial charge in [-0.2, -0.15) is 0 Å². The van der Waals surface area contributed by atoms with E-state index in [1.807, 2.05) is 18.2 Å². The number of aromatic nitrogens is 3. The van der Waals surface area contributed by atoms with Crippen molar-refractivity contribution >= 4 is 34.0 Å². The zero-order chi connectivity index (χ0) is 20.5. The van der Waals surface area contributed by atoms with Gasteiger partial charge < -0.3 is 14.2 Å². The number of rotatable bonds is 5. The molecule has 0 radical (unpaired) electrons. The lowest BCUT2D eigenvalue weighted by atomic mass is 10.1. The average Bonchev–Trinajstić information content (AvgIpc) is 3.29. The Kier molecular flexibility index (Phi) is 5.12. The Balaban J connectivity index is 1.93. The molecule has 4 rings (SSSR count). The molecule has 0 fully saturated rings. The molecule has 2 heterocycles. The number of hydrogen-bond acceptors (Lipinski definition) is 7. The second kappa shape index (κ2) is 7.73. The van der Waals surface area contributed by atoms with Crippen LogP contribution in [0.15, 0.2) is 41.2 Å². The Bertz CT molecular complexity index is 1290. The first-order chi connectivity index (χ1) is 14.1. The van der Waals surface area contributed by atoms with Gasteiger partial charge in [0.25, 0.3) is 5.56 Å². The predicted octanol–water partition coefficient (Wildman–Crippen LogP) is 3.04. The highest BCUT2D eigenvalue weighted by molar-refractivity contribution is 7.15. The van der Waals surface area contributed by atoms with Crippen LogP contribution in [-0.4, -0.2) is 35.9 Å². The van der Waals surface area contributed by atoms with Crippen LogP contribution in [0.5, 0.6) is 17.2 Å². The molecule has 29 heavy (non-hydrogen) atoms. The van der Waals surface area contributed by atoms with Crippen LogP contribution in [0.3, 0.4) is 0 Å². The van der Waals surface area contributed by atoms with Gasteiger partial charge in [-0.15, -0.1) is 10.2 Å². The van der Waals surface area contributed by atoms with Crippen molar-refractivity contribution in [2.24, 2.45) is 0 Å². The summed E-state index contributed by atoms with van der Waals surface area (Å²) in [7, 11) is 4.59. The largest absolute Gasteiger partial charge is 0.493 e. The lowest BCUT2D eigenvalue weighted by Gasteiger charge is -2.13. The van der Waals surface area contributed by atoms with E-state index in [-0.39, 0.29) is 5.56 Å². The highest BCUT2D eigenvalue weighted by Crippen LogP contribution is 2.40. The molecule has 7 nitrogen and oxygen atoms in total. The molecule has 2 aromatic carbocycles. The molecule has 9 heteroatoms. The van der Waals surface area contributed by atoms with E-state index in [0.717, 1.165) is 5.56 Å². The summed E-state index contributed by atoms with van der Waals surface area (Å²) in [6.07, 6.45) is 1.75. The van der Waals surface area contributed by atoms with Crippen LogP contribution >= 0.6 is 22.9 Å². The van der Waals surface area contributed by atoms with E-state index in [0.29, 0.717) is 43.2 Å². The molecule has 0 N–H and O–H groups in total. The van der Waals surface area contributed by atoms with Gasteiger partial charge in [-0.05, 0) is 29.8 Å². The fraction of sp³-hybridized carbons (Fsp3) is 0.150. The lowest BCUT2D eigenvalue weighted by molar-refractivity contribution is 0.324. The van der Waals surface area contributed by atoms with Crippen molar-refractivity contribution in [1.82, 2.24) is 14.6 Å². The molecule has 0 spiro atoms. The number of methoxy groups -OCH3 is 3. The van der Waals surface area contributed by atoms with Crippen LogP contribution < -0.4 is 24.3 Å². The maximum atomic E-state index is 13.1. The molecule has 148 valence electrons. The monoisotopic (exact) mass is 429 g/mol. The van der Waals surface area contributed by atoms with Crippen molar-refractivity contribution in [2.75, 3.05) is 21.3 Å². The third-order valence-electron chi connectivity index (χ3n) is 4.36. The van der Waals surface area contributed by atoms with Crippen LogP contribution in [0, 0.1) is 0 Å². The van der Waals surface area contributed by atoms with Crippen molar-refractivity contribution in [3.63, 3.8) is 0 Å². The molecule has 4 aromatic rings. The Morgan fingerprint density at radius 3 is 2.34 bits per heavy atom. The maximum absolute atomic E-state index is 13.1. The Hall–Kier alpha value is -3.10. The molecule has 0 bridgehead atoms. The van der Waals surface area contributed by atoms with Gasteiger partial charge in [0, 0.05) is 10.6 Å². The van der Waals surface area contributed by atoms with E-state index in [4.69, 9.17) is 25.8 Å². The van der Waals surface area contributed by atoms with Gasteiger partial charge in [0.1, 0.15) is 0 Å². The zero-order valence-corrected chi connectivity index (χ0v) is 17.4. The van der Waals surface area contributed by atoms with E-state index in [2.05, 4.69) is 10.2 Å². The molecule has 0 aliphatic heterocycles. The molecule has 2 aromatic heterocycles. The number of nitrogens with zero attached hydrogens (tertiary/aromatic N) is 3. The number of fused-ring (bicyclic) bond motifs is 1. The van der Waals surface area contributed by atoms with Gasteiger partial charge in [0.15, 0.2) is 17.3 Å². The quantitative estimate of drug-likeness (QED) is 0.485. The minimum Gasteiger partial charge on any atom is -0.493 e.